The summed E-state index contributed by atoms with van der Waals surface area (Å²) in [5.41, 5.74) is 3.23. The first-order chi connectivity index (χ1) is 15.4. The molecular weight excluding hydrogens is 408 g/mol. The lowest BCUT2D eigenvalue weighted by Crippen LogP contribution is -2.12. The summed E-state index contributed by atoms with van der Waals surface area (Å²) in [6, 6.07) is 15.3. The van der Waals surface area contributed by atoms with Crippen molar-refractivity contribution in [1.82, 2.24) is 15.0 Å². The van der Waals surface area contributed by atoms with Crippen LogP contribution < -0.4 is 24.3 Å². The molecule has 0 saturated heterocycles. The number of anilines is 2. The van der Waals surface area contributed by atoms with E-state index in [4.69, 9.17) is 18.9 Å². The first kappa shape index (κ1) is 20.0. The van der Waals surface area contributed by atoms with Crippen molar-refractivity contribution in [3.8, 4) is 29.0 Å². The van der Waals surface area contributed by atoms with Crippen molar-refractivity contribution in [2.75, 3.05) is 19.2 Å². The number of methoxy groups -OCH3 is 1. The van der Waals surface area contributed by atoms with E-state index in [1.165, 1.54) is 0 Å². The second-order valence-corrected chi connectivity index (χ2v) is 8.49. The molecule has 0 bridgehead atoms. The molecule has 0 saturated carbocycles. The van der Waals surface area contributed by atoms with E-state index in [-0.39, 0.29) is 12.2 Å². The van der Waals surface area contributed by atoms with Crippen LogP contribution in [-0.4, -0.2) is 28.9 Å². The molecule has 5 rings (SSSR count). The van der Waals surface area contributed by atoms with Gasteiger partial charge >= 0.3 is 0 Å². The molecule has 0 spiro atoms. The summed E-state index contributed by atoms with van der Waals surface area (Å²) in [5.74, 6) is 3.50. The highest BCUT2D eigenvalue weighted by Gasteiger charge is 2.21. The van der Waals surface area contributed by atoms with Gasteiger partial charge in [-0.3, -0.25) is 0 Å². The maximum absolute atomic E-state index is 6.29. The van der Waals surface area contributed by atoms with Gasteiger partial charge < -0.3 is 29.2 Å². The molecule has 2 aromatic heterocycles. The molecule has 164 valence electrons. The molecule has 0 unspecified atom stereocenters. The molecule has 2 aromatic carbocycles. The summed E-state index contributed by atoms with van der Waals surface area (Å²) in [4.78, 5) is 12.4. The lowest BCUT2D eigenvalue weighted by Gasteiger charge is -2.23. The molecule has 0 radical (unpaired) electrons. The Hall–Kier alpha value is -3.94. The van der Waals surface area contributed by atoms with Crippen LogP contribution in [0.15, 0.2) is 48.5 Å². The monoisotopic (exact) mass is 432 g/mol. The Labute approximate surface area is 185 Å². The second-order valence-electron chi connectivity index (χ2n) is 8.49. The average Bonchev–Trinajstić information content (AvgIpc) is 3.38. The number of aromatic amines is 1. The third-order valence-electron chi connectivity index (χ3n) is 5.17. The Morgan fingerprint density at radius 2 is 1.78 bits per heavy atom. The SMILES string of the molecule is COc1ccc(Nc2nc3cc4c(cc3[nH]2)OCO4)c(Oc2ccccc2C(C)(C)C)n1. The van der Waals surface area contributed by atoms with Gasteiger partial charge in [-0.15, -0.1) is 0 Å². The Balaban J connectivity index is 1.50. The van der Waals surface area contributed by atoms with E-state index in [1.807, 2.05) is 36.4 Å². The summed E-state index contributed by atoms with van der Waals surface area (Å²) in [6.45, 7) is 6.66. The predicted molar refractivity (Wildman–Crippen MR) is 122 cm³/mol. The molecule has 2 N–H and O–H groups in total. The van der Waals surface area contributed by atoms with E-state index in [1.54, 1.807) is 13.2 Å². The van der Waals surface area contributed by atoms with Gasteiger partial charge in [-0.25, -0.2) is 4.98 Å². The van der Waals surface area contributed by atoms with Crippen molar-refractivity contribution in [3.05, 3.63) is 54.1 Å². The van der Waals surface area contributed by atoms with Crippen LogP contribution in [0.25, 0.3) is 11.0 Å². The van der Waals surface area contributed by atoms with Gasteiger partial charge in [0.15, 0.2) is 11.5 Å². The Kier molecular flexibility index (Phi) is 4.77. The topological polar surface area (TPSA) is 90.5 Å². The maximum Gasteiger partial charge on any atom is 0.246 e. The minimum Gasteiger partial charge on any atom is -0.481 e. The summed E-state index contributed by atoms with van der Waals surface area (Å²) in [5, 5.41) is 3.28. The highest BCUT2D eigenvalue weighted by molar-refractivity contribution is 5.83. The van der Waals surface area contributed by atoms with E-state index in [9.17, 15) is 0 Å². The number of hydrogen-bond donors (Lipinski definition) is 2. The van der Waals surface area contributed by atoms with E-state index in [0.717, 1.165) is 22.3 Å². The molecule has 3 heterocycles. The number of nitrogens with zero attached hydrogens (tertiary/aromatic N) is 2. The third kappa shape index (κ3) is 3.75. The minimum absolute atomic E-state index is 0.0909. The second kappa shape index (κ2) is 7.64. The number of fused-ring (bicyclic) bond motifs is 2. The third-order valence-corrected chi connectivity index (χ3v) is 5.17. The van der Waals surface area contributed by atoms with Gasteiger partial charge in [0.05, 0.1) is 18.1 Å². The summed E-state index contributed by atoms with van der Waals surface area (Å²) < 4.78 is 22.5. The zero-order chi connectivity index (χ0) is 22.3. The van der Waals surface area contributed by atoms with Gasteiger partial charge in [0.2, 0.25) is 24.5 Å². The number of nitrogens with one attached hydrogen (secondary N) is 2. The first-order valence-corrected chi connectivity index (χ1v) is 10.3. The highest BCUT2D eigenvalue weighted by Crippen LogP contribution is 2.38. The van der Waals surface area contributed by atoms with Gasteiger partial charge in [0.1, 0.15) is 11.4 Å². The van der Waals surface area contributed by atoms with Crippen molar-refractivity contribution in [3.63, 3.8) is 0 Å². The molecule has 0 amide bonds. The maximum atomic E-state index is 6.29. The van der Waals surface area contributed by atoms with Gasteiger partial charge in [-0.05, 0) is 17.5 Å². The molecule has 8 nitrogen and oxygen atoms in total. The van der Waals surface area contributed by atoms with Crippen molar-refractivity contribution >= 4 is 22.7 Å². The normalized spacial score (nSPS) is 12.8. The smallest absolute Gasteiger partial charge is 0.246 e. The van der Waals surface area contributed by atoms with Crippen LogP contribution in [0.2, 0.25) is 0 Å². The van der Waals surface area contributed by atoms with Crippen LogP contribution >= 0.6 is 0 Å². The fourth-order valence-corrected chi connectivity index (χ4v) is 3.58. The zero-order valence-electron chi connectivity index (χ0n) is 18.4. The Morgan fingerprint density at radius 1 is 1.00 bits per heavy atom. The molecule has 32 heavy (non-hydrogen) atoms. The predicted octanol–water partition coefficient (Wildman–Crippen LogP) is 5.53. The van der Waals surface area contributed by atoms with Crippen molar-refractivity contribution in [2.45, 2.75) is 26.2 Å². The number of imidazole rings is 1. The first-order valence-electron chi connectivity index (χ1n) is 10.3. The lowest BCUT2D eigenvalue weighted by atomic mass is 9.86. The summed E-state index contributed by atoms with van der Waals surface area (Å²) in [7, 11) is 1.57. The standard InChI is InChI=1S/C24H24N4O4/c1-24(2,3)14-7-5-6-8-18(14)32-22-15(9-10-21(28-22)29-4)25-23-26-16-11-19-20(31-13-30-19)12-17(16)27-23/h5-12H,13H2,1-4H3,(H2,25,26,27). The quantitative estimate of drug-likeness (QED) is 0.428. The number of rotatable bonds is 5. The number of benzene rings is 2. The zero-order valence-corrected chi connectivity index (χ0v) is 18.4. The number of ether oxygens (including phenoxy) is 4. The van der Waals surface area contributed by atoms with E-state index in [2.05, 4.69) is 47.1 Å². The van der Waals surface area contributed by atoms with Gasteiger partial charge in [0, 0.05) is 23.8 Å². The molecule has 4 aromatic rings. The average molecular weight is 432 g/mol. The van der Waals surface area contributed by atoms with Crippen molar-refractivity contribution < 1.29 is 18.9 Å². The number of hydrogen-bond acceptors (Lipinski definition) is 7. The fraction of sp³-hybridized carbons (Fsp3) is 0.250. The van der Waals surface area contributed by atoms with Crippen molar-refractivity contribution in [1.29, 1.82) is 0 Å². The summed E-state index contributed by atoms with van der Waals surface area (Å²) >= 11 is 0. The van der Waals surface area contributed by atoms with Crippen LogP contribution in [0.5, 0.6) is 29.0 Å². The lowest BCUT2D eigenvalue weighted by molar-refractivity contribution is 0.174. The van der Waals surface area contributed by atoms with Crippen LogP contribution in [0.4, 0.5) is 11.6 Å². The van der Waals surface area contributed by atoms with Gasteiger partial charge in [-0.1, -0.05) is 39.0 Å². The molecule has 0 aliphatic carbocycles. The van der Waals surface area contributed by atoms with Gasteiger partial charge in [-0.2, -0.15) is 4.98 Å². The van der Waals surface area contributed by atoms with E-state index in [0.29, 0.717) is 34.9 Å². The molecule has 8 heteroatoms. The number of para-hydroxylation sites is 1. The molecular formula is C24H24N4O4. The molecule has 1 aliphatic rings. The van der Waals surface area contributed by atoms with Crippen LogP contribution in [-0.2, 0) is 5.41 Å². The van der Waals surface area contributed by atoms with E-state index >= 15 is 0 Å². The molecule has 1 aliphatic heterocycles. The Bertz CT molecular complexity index is 1250. The van der Waals surface area contributed by atoms with Crippen LogP contribution in [0.1, 0.15) is 26.3 Å². The number of H-pyrrole nitrogens is 1. The number of pyridine rings is 1. The van der Waals surface area contributed by atoms with Crippen molar-refractivity contribution in [2.24, 2.45) is 0 Å². The molecule has 0 fully saturated rings. The van der Waals surface area contributed by atoms with Gasteiger partial charge in [0.25, 0.3) is 0 Å². The Morgan fingerprint density at radius 3 is 2.56 bits per heavy atom. The molecule has 0 atom stereocenters. The fourth-order valence-electron chi connectivity index (χ4n) is 3.58. The van der Waals surface area contributed by atoms with Crippen LogP contribution in [0.3, 0.4) is 0 Å². The van der Waals surface area contributed by atoms with E-state index < -0.39 is 0 Å². The number of aromatic nitrogens is 3. The largest absolute Gasteiger partial charge is 0.481 e. The highest BCUT2D eigenvalue weighted by atomic mass is 16.7. The summed E-state index contributed by atoms with van der Waals surface area (Å²) in [6.07, 6.45) is 0. The van der Waals surface area contributed by atoms with Crippen LogP contribution in [0, 0.1) is 0 Å². The minimum atomic E-state index is -0.0909.